The zero-order valence-electron chi connectivity index (χ0n) is 12.7. The van der Waals surface area contributed by atoms with Crippen molar-refractivity contribution in [3.63, 3.8) is 0 Å². The van der Waals surface area contributed by atoms with Gasteiger partial charge in [-0.15, -0.1) is 11.3 Å². The molecule has 0 unspecified atom stereocenters. The van der Waals surface area contributed by atoms with E-state index in [4.69, 9.17) is 5.26 Å². The average molecular weight is 321 g/mol. The maximum absolute atomic E-state index is 12.2. The number of hydrogen-bond acceptors (Lipinski definition) is 5. The number of nitrogens with zero attached hydrogens (tertiary/aromatic N) is 3. The van der Waals surface area contributed by atoms with Crippen molar-refractivity contribution in [1.29, 1.82) is 10.5 Å². The maximum Gasteiger partial charge on any atom is 0.213 e. The third kappa shape index (κ3) is 4.29. The fourth-order valence-electron chi connectivity index (χ4n) is 2.03. The molecule has 0 aliphatic rings. The van der Waals surface area contributed by atoms with Crippen LogP contribution in [-0.4, -0.2) is 19.4 Å². The first kappa shape index (κ1) is 16.5. The van der Waals surface area contributed by atoms with Crippen LogP contribution in [0.15, 0.2) is 47.4 Å². The second kappa shape index (κ2) is 7.93. The molecule has 1 heterocycles. The minimum Gasteiger partial charge on any atom is -0.374 e. The van der Waals surface area contributed by atoms with Crippen LogP contribution >= 0.6 is 11.3 Å². The molecule has 0 atom stereocenters. The van der Waals surface area contributed by atoms with E-state index in [0.717, 1.165) is 11.3 Å². The number of ketones is 1. The van der Waals surface area contributed by atoms with Gasteiger partial charge >= 0.3 is 0 Å². The van der Waals surface area contributed by atoms with Gasteiger partial charge < -0.3 is 4.90 Å². The molecule has 2 rings (SSSR count). The van der Waals surface area contributed by atoms with Crippen molar-refractivity contribution < 1.29 is 4.79 Å². The number of allylic oxidation sites excluding steroid dienone is 1. The van der Waals surface area contributed by atoms with Crippen molar-refractivity contribution in [3.8, 4) is 12.1 Å². The van der Waals surface area contributed by atoms with Gasteiger partial charge in [0.1, 0.15) is 11.6 Å². The van der Waals surface area contributed by atoms with Crippen molar-refractivity contribution in [3.05, 3.63) is 57.8 Å². The van der Waals surface area contributed by atoms with E-state index in [1.807, 2.05) is 47.7 Å². The van der Waals surface area contributed by atoms with Gasteiger partial charge in [-0.25, -0.2) is 0 Å². The summed E-state index contributed by atoms with van der Waals surface area (Å²) in [5, 5.41) is 19.7. The summed E-state index contributed by atoms with van der Waals surface area (Å²) in [7, 11) is 1.92. The monoisotopic (exact) mass is 321 g/mol. The van der Waals surface area contributed by atoms with Crippen LogP contribution in [0.3, 0.4) is 0 Å². The lowest BCUT2D eigenvalue weighted by atomic mass is 10.1. The van der Waals surface area contributed by atoms with E-state index in [9.17, 15) is 10.1 Å². The Morgan fingerprint density at radius 2 is 2.00 bits per heavy atom. The lowest BCUT2D eigenvalue weighted by Gasteiger charge is -2.17. The highest BCUT2D eigenvalue weighted by Gasteiger charge is 2.12. The summed E-state index contributed by atoms with van der Waals surface area (Å²) >= 11 is 1.32. The summed E-state index contributed by atoms with van der Waals surface area (Å²) in [4.78, 5) is 14.8. The van der Waals surface area contributed by atoms with Gasteiger partial charge in [0.25, 0.3) is 0 Å². The van der Waals surface area contributed by atoms with Crippen LogP contribution < -0.4 is 4.90 Å². The molecule has 0 bridgehead atoms. The van der Waals surface area contributed by atoms with Crippen molar-refractivity contribution in [1.82, 2.24) is 0 Å². The molecule has 0 saturated heterocycles. The standard InChI is InChI=1S/C18H15N3OS/c1-21(10-3-9-19)16-7-5-14(6-8-16)12-15(13-20)18(22)17-4-2-11-23-17/h2,4-8,11-12H,3,10H2,1H3/b15-12+. The van der Waals surface area contributed by atoms with Gasteiger partial charge in [-0.3, -0.25) is 4.79 Å². The van der Waals surface area contributed by atoms with E-state index in [1.165, 1.54) is 11.3 Å². The molecule has 1 aromatic heterocycles. The van der Waals surface area contributed by atoms with Gasteiger partial charge in [0, 0.05) is 19.3 Å². The summed E-state index contributed by atoms with van der Waals surface area (Å²) < 4.78 is 0. The third-order valence-electron chi connectivity index (χ3n) is 3.31. The Labute approximate surface area is 139 Å². The highest BCUT2D eigenvalue weighted by molar-refractivity contribution is 7.12. The van der Waals surface area contributed by atoms with Gasteiger partial charge in [0.15, 0.2) is 0 Å². The first-order chi connectivity index (χ1) is 11.2. The fraction of sp³-hybridized carbons (Fsp3) is 0.167. The van der Waals surface area contributed by atoms with E-state index in [-0.39, 0.29) is 11.4 Å². The van der Waals surface area contributed by atoms with Gasteiger partial charge in [0.2, 0.25) is 5.78 Å². The minimum absolute atomic E-state index is 0.123. The molecule has 2 aromatic rings. The Balaban J connectivity index is 2.17. The number of nitriles is 2. The topological polar surface area (TPSA) is 67.9 Å². The first-order valence-corrected chi connectivity index (χ1v) is 7.92. The van der Waals surface area contributed by atoms with Crippen molar-refractivity contribution in [2.45, 2.75) is 6.42 Å². The highest BCUT2D eigenvalue weighted by atomic mass is 32.1. The van der Waals surface area contributed by atoms with Crippen LogP contribution in [0.5, 0.6) is 0 Å². The molecule has 0 N–H and O–H groups in total. The Morgan fingerprint density at radius 1 is 1.26 bits per heavy atom. The van der Waals surface area contributed by atoms with E-state index >= 15 is 0 Å². The quantitative estimate of drug-likeness (QED) is 0.460. The van der Waals surface area contributed by atoms with Gasteiger partial charge in [-0.1, -0.05) is 18.2 Å². The molecule has 114 valence electrons. The lowest BCUT2D eigenvalue weighted by Crippen LogP contribution is -2.17. The average Bonchev–Trinajstić information content (AvgIpc) is 3.12. The second-order valence-electron chi connectivity index (χ2n) is 4.90. The molecule has 1 aromatic carbocycles. The Bertz CT molecular complexity index is 777. The predicted octanol–water partition coefficient (Wildman–Crippen LogP) is 3.89. The Morgan fingerprint density at radius 3 is 2.57 bits per heavy atom. The molecule has 0 aliphatic heterocycles. The van der Waals surface area contributed by atoms with E-state index in [1.54, 1.807) is 18.2 Å². The number of thiophene rings is 1. The number of benzene rings is 1. The van der Waals surface area contributed by atoms with E-state index in [0.29, 0.717) is 17.8 Å². The molecular weight excluding hydrogens is 306 g/mol. The van der Waals surface area contributed by atoms with Crippen LogP contribution in [0.2, 0.25) is 0 Å². The third-order valence-corrected chi connectivity index (χ3v) is 4.18. The van der Waals surface area contributed by atoms with Gasteiger partial charge in [-0.2, -0.15) is 10.5 Å². The smallest absolute Gasteiger partial charge is 0.213 e. The number of hydrogen-bond donors (Lipinski definition) is 0. The lowest BCUT2D eigenvalue weighted by molar-refractivity contribution is 0.104. The molecule has 0 fully saturated rings. The van der Waals surface area contributed by atoms with E-state index < -0.39 is 0 Å². The molecule has 0 saturated carbocycles. The number of carbonyl (C=O) groups is 1. The summed E-state index contributed by atoms with van der Waals surface area (Å²) in [5.41, 5.74) is 1.91. The zero-order valence-corrected chi connectivity index (χ0v) is 13.5. The highest BCUT2D eigenvalue weighted by Crippen LogP contribution is 2.19. The Kier molecular flexibility index (Phi) is 5.68. The van der Waals surface area contributed by atoms with Gasteiger partial charge in [-0.05, 0) is 35.2 Å². The van der Waals surface area contributed by atoms with E-state index in [2.05, 4.69) is 6.07 Å². The maximum atomic E-state index is 12.2. The van der Waals surface area contributed by atoms with Crippen molar-refractivity contribution >= 4 is 28.9 Å². The van der Waals surface area contributed by atoms with Crippen LogP contribution in [0.25, 0.3) is 6.08 Å². The molecule has 0 aliphatic carbocycles. The molecule has 0 radical (unpaired) electrons. The molecule has 0 spiro atoms. The molecule has 23 heavy (non-hydrogen) atoms. The molecular formula is C18H15N3OS. The number of rotatable bonds is 6. The van der Waals surface area contributed by atoms with Crippen molar-refractivity contribution in [2.24, 2.45) is 0 Å². The summed E-state index contributed by atoms with van der Waals surface area (Å²) in [6, 6.07) is 15.1. The Hall–Kier alpha value is -2.89. The first-order valence-electron chi connectivity index (χ1n) is 7.04. The van der Waals surface area contributed by atoms with Crippen LogP contribution in [0.1, 0.15) is 21.7 Å². The normalized spacial score (nSPS) is 10.7. The van der Waals surface area contributed by atoms with Gasteiger partial charge in [0.05, 0.1) is 17.4 Å². The molecule has 4 nitrogen and oxygen atoms in total. The predicted molar refractivity (Wildman–Crippen MR) is 92.2 cm³/mol. The summed E-state index contributed by atoms with van der Waals surface area (Å²) in [6.07, 6.45) is 2.06. The largest absolute Gasteiger partial charge is 0.374 e. The number of carbonyl (C=O) groups excluding carboxylic acids is 1. The minimum atomic E-state index is -0.252. The van der Waals surface area contributed by atoms with Crippen molar-refractivity contribution in [2.75, 3.05) is 18.5 Å². The van der Waals surface area contributed by atoms with Crippen LogP contribution in [-0.2, 0) is 0 Å². The summed E-state index contributed by atoms with van der Waals surface area (Å²) in [5.74, 6) is -0.252. The molecule has 0 amide bonds. The number of Topliss-reactive ketones (excluding diaryl/α,β-unsaturated/α-hetero) is 1. The second-order valence-corrected chi connectivity index (χ2v) is 5.85. The number of anilines is 1. The van der Waals surface area contributed by atoms with Crippen LogP contribution in [0, 0.1) is 22.7 Å². The zero-order chi connectivity index (χ0) is 16.7. The van der Waals surface area contributed by atoms with Crippen LogP contribution in [0.4, 0.5) is 5.69 Å². The molecule has 5 heteroatoms. The SMILES string of the molecule is CN(CCC#N)c1ccc(/C=C(\C#N)C(=O)c2cccs2)cc1. The summed E-state index contributed by atoms with van der Waals surface area (Å²) in [6.45, 7) is 0.659. The fourth-order valence-corrected chi connectivity index (χ4v) is 2.71.